The molecule has 118 valence electrons. The first-order valence-corrected chi connectivity index (χ1v) is 8.31. The second-order valence-corrected chi connectivity index (χ2v) is 6.63. The number of carbonyl (C=O) groups is 2. The van der Waals surface area contributed by atoms with Crippen molar-refractivity contribution in [3.63, 3.8) is 0 Å². The smallest absolute Gasteiger partial charge is 0.305 e. The summed E-state index contributed by atoms with van der Waals surface area (Å²) >= 11 is 6.89. The van der Waals surface area contributed by atoms with Crippen molar-refractivity contribution in [2.24, 2.45) is 0 Å². The minimum absolute atomic E-state index is 0.0784. The van der Waals surface area contributed by atoms with Crippen molar-refractivity contribution in [3.8, 4) is 0 Å². The maximum absolute atomic E-state index is 12.5. The van der Waals surface area contributed by atoms with Crippen LogP contribution in [-0.2, 0) is 9.53 Å². The standard InChI is InChI=1S/C15H16Br2N2O3/c1-19(5-3-4-14(20)22-2)15(21)10-8-18-13-7-12(17)11(16)6-9(10)13/h6-8,18H,3-5H2,1-2H3. The number of amides is 1. The number of hydrogen-bond acceptors (Lipinski definition) is 3. The number of ether oxygens (including phenoxy) is 1. The number of fused-ring (bicyclic) bond motifs is 1. The number of aromatic amines is 1. The zero-order valence-corrected chi connectivity index (χ0v) is 15.5. The van der Waals surface area contributed by atoms with Crippen LogP contribution in [0.4, 0.5) is 0 Å². The largest absolute Gasteiger partial charge is 0.469 e. The van der Waals surface area contributed by atoms with Gasteiger partial charge in [-0.25, -0.2) is 0 Å². The number of esters is 1. The van der Waals surface area contributed by atoms with Crippen LogP contribution in [0.25, 0.3) is 10.9 Å². The minimum Gasteiger partial charge on any atom is -0.469 e. The summed E-state index contributed by atoms with van der Waals surface area (Å²) in [7, 11) is 3.09. The maximum atomic E-state index is 12.5. The number of halogens is 2. The molecule has 0 saturated carbocycles. The quantitative estimate of drug-likeness (QED) is 0.733. The molecule has 0 unspecified atom stereocenters. The normalized spacial score (nSPS) is 10.7. The Morgan fingerprint density at radius 2 is 1.95 bits per heavy atom. The van der Waals surface area contributed by atoms with Gasteiger partial charge in [-0.1, -0.05) is 0 Å². The number of nitrogens with one attached hydrogen (secondary N) is 1. The highest BCUT2D eigenvalue weighted by Crippen LogP contribution is 2.30. The number of nitrogens with zero attached hydrogens (tertiary/aromatic N) is 1. The van der Waals surface area contributed by atoms with Crippen LogP contribution < -0.4 is 0 Å². The molecule has 22 heavy (non-hydrogen) atoms. The van der Waals surface area contributed by atoms with E-state index in [4.69, 9.17) is 0 Å². The third-order valence-electron chi connectivity index (χ3n) is 3.40. The van der Waals surface area contributed by atoms with Crippen LogP contribution in [0.5, 0.6) is 0 Å². The molecule has 1 N–H and O–H groups in total. The topological polar surface area (TPSA) is 62.4 Å². The second-order valence-electron chi connectivity index (χ2n) is 4.92. The highest BCUT2D eigenvalue weighted by molar-refractivity contribution is 9.13. The van der Waals surface area contributed by atoms with E-state index in [1.807, 2.05) is 12.1 Å². The van der Waals surface area contributed by atoms with E-state index in [-0.39, 0.29) is 11.9 Å². The van der Waals surface area contributed by atoms with Crippen molar-refractivity contribution >= 4 is 54.6 Å². The summed E-state index contributed by atoms with van der Waals surface area (Å²) in [5.41, 5.74) is 1.50. The van der Waals surface area contributed by atoms with Crippen LogP contribution in [0.3, 0.4) is 0 Å². The van der Waals surface area contributed by atoms with Gasteiger partial charge in [-0.2, -0.15) is 0 Å². The number of hydrogen-bond donors (Lipinski definition) is 1. The molecule has 7 heteroatoms. The number of carbonyl (C=O) groups excluding carboxylic acids is 2. The van der Waals surface area contributed by atoms with Crippen LogP contribution in [0, 0.1) is 0 Å². The number of rotatable bonds is 5. The number of methoxy groups -OCH3 is 1. The molecule has 1 amide bonds. The van der Waals surface area contributed by atoms with Gasteiger partial charge >= 0.3 is 5.97 Å². The molecule has 0 aliphatic heterocycles. The van der Waals surface area contributed by atoms with E-state index < -0.39 is 0 Å². The molecule has 0 aliphatic rings. The number of H-pyrrole nitrogens is 1. The van der Waals surface area contributed by atoms with Crippen molar-refractivity contribution in [1.82, 2.24) is 9.88 Å². The Labute approximate surface area is 145 Å². The first-order valence-electron chi connectivity index (χ1n) is 6.72. The zero-order chi connectivity index (χ0) is 16.3. The first kappa shape index (κ1) is 17.0. The van der Waals surface area contributed by atoms with Crippen LogP contribution >= 0.6 is 31.9 Å². The van der Waals surface area contributed by atoms with Gasteiger partial charge in [0.2, 0.25) is 0 Å². The van der Waals surface area contributed by atoms with Crippen LogP contribution in [0.15, 0.2) is 27.3 Å². The molecule has 0 atom stereocenters. The molecule has 0 bridgehead atoms. The molecular weight excluding hydrogens is 416 g/mol. The Morgan fingerprint density at radius 3 is 2.64 bits per heavy atom. The molecule has 0 saturated heterocycles. The molecule has 5 nitrogen and oxygen atoms in total. The molecule has 1 aromatic heterocycles. The number of aromatic nitrogens is 1. The van der Waals surface area contributed by atoms with Crippen LogP contribution in [0.2, 0.25) is 0 Å². The zero-order valence-electron chi connectivity index (χ0n) is 12.3. The minimum atomic E-state index is -0.262. The lowest BCUT2D eigenvalue weighted by Gasteiger charge is -2.16. The van der Waals surface area contributed by atoms with Crippen LogP contribution in [0.1, 0.15) is 23.2 Å². The average molecular weight is 432 g/mol. The molecule has 0 spiro atoms. The molecule has 1 heterocycles. The van der Waals surface area contributed by atoms with E-state index in [0.29, 0.717) is 24.9 Å². The Hall–Kier alpha value is -1.34. The van der Waals surface area contributed by atoms with Crippen LogP contribution in [-0.4, -0.2) is 42.5 Å². The SMILES string of the molecule is COC(=O)CCCN(C)C(=O)c1c[nH]c2cc(Br)c(Br)cc12. The fourth-order valence-corrected chi connectivity index (χ4v) is 2.85. The summed E-state index contributed by atoms with van der Waals surface area (Å²) in [6.07, 6.45) is 2.59. The molecule has 1 aromatic carbocycles. The predicted octanol–water partition coefficient (Wildman–Crippen LogP) is 3.72. The average Bonchev–Trinajstić information content (AvgIpc) is 2.89. The van der Waals surface area contributed by atoms with E-state index in [1.54, 1.807) is 18.1 Å². The Morgan fingerprint density at radius 1 is 1.27 bits per heavy atom. The van der Waals surface area contributed by atoms with Crippen molar-refractivity contribution in [3.05, 3.63) is 32.8 Å². The van der Waals surface area contributed by atoms with Crippen molar-refractivity contribution in [2.45, 2.75) is 12.8 Å². The van der Waals surface area contributed by atoms with Gasteiger partial charge in [-0.15, -0.1) is 0 Å². The van der Waals surface area contributed by atoms with Crippen molar-refractivity contribution < 1.29 is 14.3 Å². The van der Waals surface area contributed by atoms with E-state index in [2.05, 4.69) is 41.6 Å². The van der Waals surface area contributed by atoms with E-state index in [0.717, 1.165) is 19.8 Å². The summed E-state index contributed by atoms with van der Waals surface area (Å²) in [4.78, 5) is 28.3. The van der Waals surface area contributed by atoms with Gasteiger partial charge in [0, 0.05) is 46.1 Å². The van der Waals surface area contributed by atoms with E-state index in [9.17, 15) is 9.59 Å². The lowest BCUT2D eigenvalue weighted by Crippen LogP contribution is -2.28. The Kier molecular flexibility index (Phi) is 5.63. The maximum Gasteiger partial charge on any atom is 0.305 e. The molecule has 0 radical (unpaired) electrons. The second kappa shape index (κ2) is 7.28. The predicted molar refractivity (Wildman–Crippen MR) is 91.9 cm³/mol. The molecule has 2 aromatic rings. The van der Waals surface area contributed by atoms with E-state index in [1.165, 1.54) is 7.11 Å². The lowest BCUT2D eigenvalue weighted by atomic mass is 10.1. The van der Waals surface area contributed by atoms with Gasteiger partial charge in [0.1, 0.15) is 0 Å². The Bertz CT molecular complexity index is 712. The van der Waals surface area contributed by atoms with Gasteiger partial charge in [-0.3, -0.25) is 9.59 Å². The Balaban J connectivity index is 2.12. The highest BCUT2D eigenvalue weighted by atomic mass is 79.9. The first-order chi connectivity index (χ1) is 10.4. The van der Waals surface area contributed by atoms with Gasteiger partial charge in [-0.05, 0) is 50.4 Å². The summed E-state index contributed by atoms with van der Waals surface area (Å²) in [5, 5.41) is 0.861. The molecule has 2 rings (SSSR count). The summed E-state index contributed by atoms with van der Waals surface area (Å²) in [6, 6.07) is 3.83. The fraction of sp³-hybridized carbons (Fsp3) is 0.333. The molecular formula is C15H16Br2N2O3. The fourth-order valence-electron chi connectivity index (χ4n) is 2.16. The van der Waals surface area contributed by atoms with E-state index >= 15 is 0 Å². The van der Waals surface area contributed by atoms with Gasteiger partial charge in [0.25, 0.3) is 5.91 Å². The lowest BCUT2D eigenvalue weighted by molar-refractivity contribution is -0.140. The summed E-state index contributed by atoms with van der Waals surface area (Å²) < 4.78 is 6.40. The monoisotopic (exact) mass is 430 g/mol. The van der Waals surface area contributed by atoms with Gasteiger partial charge < -0.3 is 14.6 Å². The third-order valence-corrected chi connectivity index (χ3v) is 5.25. The summed E-state index contributed by atoms with van der Waals surface area (Å²) in [6.45, 7) is 0.498. The summed E-state index contributed by atoms with van der Waals surface area (Å²) in [5.74, 6) is -0.341. The van der Waals surface area contributed by atoms with Crippen molar-refractivity contribution in [1.29, 1.82) is 0 Å². The molecule has 0 aliphatic carbocycles. The number of benzene rings is 1. The van der Waals surface area contributed by atoms with Gasteiger partial charge in [0.15, 0.2) is 0 Å². The molecule has 0 fully saturated rings. The highest BCUT2D eigenvalue weighted by Gasteiger charge is 2.17. The van der Waals surface area contributed by atoms with Crippen molar-refractivity contribution in [2.75, 3.05) is 20.7 Å². The third kappa shape index (κ3) is 3.70. The van der Waals surface area contributed by atoms with Gasteiger partial charge in [0.05, 0.1) is 12.7 Å².